The van der Waals surface area contributed by atoms with Gasteiger partial charge in [-0.1, -0.05) is 0 Å². The molecule has 3 aliphatic rings. The highest BCUT2D eigenvalue weighted by atomic mass is 16.7. The first-order valence-corrected chi connectivity index (χ1v) is 7.47. The molecule has 19 heavy (non-hydrogen) atoms. The lowest BCUT2D eigenvalue weighted by Crippen LogP contribution is -2.41. The van der Waals surface area contributed by atoms with Gasteiger partial charge in [0.2, 0.25) is 0 Å². The summed E-state index contributed by atoms with van der Waals surface area (Å²) in [6, 6.07) is 0. The highest BCUT2D eigenvalue weighted by Gasteiger charge is 2.55. The molecule has 108 valence electrons. The smallest absolute Gasteiger partial charge is 0.403 e. The molecule has 0 atom stereocenters. The standard InChI is InChI=1S/C14H25BO4/c1-12(2)13(3,4)19-15(18-12)11-5-7-14(8-6-11)16-9-10-17-14/h11H,5-10H2,1-4H3. The van der Waals surface area contributed by atoms with Crippen molar-refractivity contribution in [3.8, 4) is 0 Å². The molecular weight excluding hydrogens is 243 g/mol. The van der Waals surface area contributed by atoms with Crippen LogP contribution in [0.2, 0.25) is 5.82 Å². The maximum absolute atomic E-state index is 6.15. The van der Waals surface area contributed by atoms with Crippen LogP contribution in [0.5, 0.6) is 0 Å². The Bertz CT molecular complexity index is 323. The monoisotopic (exact) mass is 268 g/mol. The quantitative estimate of drug-likeness (QED) is 0.685. The van der Waals surface area contributed by atoms with Crippen LogP contribution in [0, 0.1) is 0 Å². The third-order valence-corrected chi connectivity index (χ3v) is 5.26. The minimum Gasteiger partial charge on any atom is -0.403 e. The summed E-state index contributed by atoms with van der Waals surface area (Å²) in [4.78, 5) is 0. The van der Waals surface area contributed by atoms with E-state index in [2.05, 4.69) is 27.7 Å². The SMILES string of the molecule is CC1(C)OB(C2CCC3(CC2)OCCO3)OC1(C)C. The zero-order valence-corrected chi connectivity index (χ0v) is 12.5. The summed E-state index contributed by atoms with van der Waals surface area (Å²) in [5.41, 5.74) is -0.458. The zero-order valence-electron chi connectivity index (χ0n) is 12.5. The van der Waals surface area contributed by atoms with Crippen molar-refractivity contribution in [1.29, 1.82) is 0 Å². The van der Waals surface area contributed by atoms with Crippen LogP contribution in [0.25, 0.3) is 0 Å². The van der Waals surface area contributed by atoms with E-state index in [1.807, 2.05) is 0 Å². The van der Waals surface area contributed by atoms with Crippen LogP contribution >= 0.6 is 0 Å². The molecule has 4 nitrogen and oxygen atoms in total. The average molecular weight is 268 g/mol. The summed E-state index contributed by atoms with van der Waals surface area (Å²) < 4.78 is 23.8. The van der Waals surface area contributed by atoms with Crippen LogP contribution in [0.15, 0.2) is 0 Å². The third-order valence-electron chi connectivity index (χ3n) is 5.26. The van der Waals surface area contributed by atoms with Crippen LogP contribution in [0.4, 0.5) is 0 Å². The Kier molecular flexibility index (Phi) is 3.25. The summed E-state index contributed by atoms with van der Waals surface area (Å²) in [7, 11) is -0.0799. The lowest BCUT2D eigenvalue weighted by atomic mass is 9.63. The summed E-state index contributed by atoms with van der Waals surface area (Å²) in [6.45, 7) is 9.92. The maximum Gasteiger partial charge on any atom is 0.461 e. The molecule has 1 saturated carbocycles. The maximum atomic E-state index is 6.15. The molecule has 1 aliphatic carbocycles. The molecule has 0 aromatic carbocycles. The Hall–Kier alpha value is -0.0951. The van der Waals surface area contributed by atoms with Crippen molar-refractivity contribution in [2.75, 3.05) is 13.2 Å². The van der Waals surface area contributed by atoms with Crippen LogP contribution < -0.4 is 0 Å². The van der Waals surface area contributed by atoms with E-state index in [0.717, 1.165) is 38.9 Å². The molecule has 1 spiro atoms. The molecule has 0 N–H and O–H groups in total. The molecule has 0 aromatic heterocycles. The van der Waals surface area contributed by atoms with Gasteiger partial charge in [-0.05, 0) is 46.4 Å². The zero-order chi connectivity index (χ0) is 13.7. The Labute approximate surface area is 116 Å². The Morgan fingerprint density at radius 3 is 1.79 bits per heavy atom. The van der Waals surface area contributed by atoms with E-state index >= 15 is 0 Å². The molecule has 0 aromatic rings. The second kappa shape index (κ2) is 4.45. The van der Waals surface area contributed by atoms with E-state index in [0.29, 0.717) is 5.82 Å². The molecular formula is C14H25BO4. The predicted molar refractivity (Wildman–Crippen MR) is 72.9 cm³/mol. The lowest BCUT2D eigenvalue weighted by molar-refractivity contribution is -0.177. The van der Waals surface area contributed by atoms with Crippen molar-refractivity contribution in [2.24, 2.45) is 0 Å². The van der Waals surface area contributed by atoms with Gasteiger partial charge in [-0.25, -0.2) is 0 Å². The van der Waals surface area contributed by atoms with Gasteiger partial charge in [-0.3, -0.25) is 0 Å². The number of rotatable bonds is 1. The molecule has 2 saturated heterocycles. The fourth-order valence-electron chi connectivity index (χ4n) is 3.22. The van der Waals surface area contributed by atoms with Crippen molar-refractivity contribution in [3.63, 3.8) is 0 Å². The van der Waals surface area contributed by atoms with Crippen molar-refractivity contribution in [2.45, 2.75) is 76.2 Å². The van der Waals surface area contributed by atoms with E-state index in [4.69, 9.17) is 18.8 Å². The largest absolute Gasteiger partial charge is 0.461 e. The molecule has 3 rings (SSSR count). The molecule has 2 heterocycles. The second-order valence-electron chi connectivity index (χ2n) is 7.07. The highest BCUT2D eigenvalue weighted by Crippen LogP contribution is 2.47. The van der Waals surface area contributed by atoms with Crippen LogP contribution in [-0.4, -0.2) is 37.3 Å². The molecule has 0 unspecified atom stereocenters. The van der Waals surface area contributed by atoms with Gasteiger partial charge in [0.25, 0.3) is 0 Å². The topological polar surface area (TPSA) is 36.9 Å². The molecule has 5 heteroatoms. The second-order valence-corrected chi connectivity index (χ2v) is 7.07. The minimum absolute atomic E-state index is 0.0799. The van der Waals surface area contributed by atoms with Gasteiger partial charge in [0.1, 0.15) is 0 Å². The van der Waals surface area contributed by atoms with E-state index in [1.165, 1.54) is 0 Å². The summed E-state index contributed by atoms with van der Waals surface area (Å²) in [5.74, 6) is 0.166. The van der Waals surface area contributed by atoms with Gasteiger partial charge < -0.3 is 18.8 Å². The van der Waals surface area contributed by atoms with Crippen LogP contribution in [0.3, 0.4) is 0 Å². The number of hydrogen-bond acceptors (Lipinski definition) is 4. The van der Waals surface area contributed by atoms with E-state index in [1.54, 1.807) is 0 Å². The van der Waals surface area contributed by atoms with Crippen molar-refractivity contribution < 1.29 is 18.8 Å². The van der Waals surface area contributed by atoms with E-state index in [9.17, 15) is 0 Å². The van der Waals surface area contributed by atoms with Gasteiger partial charge in [0.15, 0.2) is 5.79 Å². The van der Waals surface area contributed by atoms with Gasteiger partial charge >= 0.3 is 7.12 Å². The van der Waals surface area contributed by atoms with Gasteiger partial charge in [0.05, 0.1) is 24.4 Å². The van der Waals surface area contributed by atoms with Crippen LogP contribution in [-0.2, 0) is 18.8 Å². The van der Waals surface area contributed by atoms with Crippen molar-refractivity contribution in [1.82, 2.24) is 0 Å². The number of ether oxygens (including phenoxy) is 2. The summed E-state index contributed by atoms with van der Waals surface area (Å²) >= 11 is 0. The van der Waals surface area contributed by atoms with Crippen molar-refractivity contribution in [3.05, 3.63) is 0 Å². The predicted octanol–water partition coefficient (Wildman–Crippen LogP) is 2.77. The first-order valence-electron chi connectivity index (χ1n) is 7.47. The normalized spacial score (nSPS) is 33.2. The Balaban J connectivity index is 1.61. The molecule has 3 fully saturated rings. The van der Waals surface area contributed by atoms with E-state index in [-0.39, 0.29) is 24.1 Å². The van der Waals surface area contributed by atoms with Gasteiger partial charge in [-0.15, -0.1) is 0 Å². The first-order chi connectivity index (χ1) is 8.84. The highest BCUT2D eigenvalue weighted by molar-refractivity contribution is 6.47. The number of hydrogen-bond donors (Lipinski definition) is 0. The fourth-order valence-corrected chi connectivity index (χ4v) is 3.22. The molecule has 0 radical (unpaired) electrons. The van der Waals surface area contributed by atoms with Gasteiger partial charge in [0, 0.05) is 12.8 Å². The average Bonchev–Trinajstić information content (AvgIpc) is 2.84. The first kappa shape index (κ1) is 13.9. The van der Waals surface area contributed by atoms with Gasteiger partial charge in [-0.2, -0.15) is 0 Å². The van der Waals surface area contributed by atoms with Crippen LogP contribution in [0.1, 0.15) is 53.4 Å². The molecule has 2 aliphatic heterocycles. The van der Waals surface area contributed by atoms with Crippen molar-refractivity contribution >= 4 is 7.12 Å². The summed E-state index contributed by atoms with van der Waals surface area (Å²) in [5, 5.41) is 0. The lowest BCUT2D eigenvalue weighted by Gasteiger charge is -2.35. The minimum atomic E-state index is -0.292. The Morgan fingerprint density at radius 1 is 0.842 bits per heavy atom. The summed E-state index contributed by atoms with van der Waals surface area (Å²) in [6.07, 6.45) is 4.02. The fraction of sp³-hybridized carbons (Fsp3) is 1.00. The Morgan fingerprint density at radius 2 is 1.32 bits per heavy atom. The third kappa shape index (κ3) is 2.35. The van der Waals surface area contributed by atoms with E-state index < -0.39 is 0 Å². The molecule has 0 bridgehead atoms. The molecule has 0 amide bonds.